The van der Waals surface area contributed by atoms with E-state index in [0.29, 0.717) is 17.5 Å². The van der Waals surface area contributed by atoms with Crippen LogP contribution in [0, 0.1) is 0 Å². The molecule has 174 valence electrons. The summed E-state index contributed by atoms with van der Waals surface area (Å²) in [5, 5.41) is 2.35. The van der Waals surface area contributed by atoms with Crippen LogP contribution in [0.25, 0.3) is 64.8 Å². The molecule has 5 aromatic carbocycles. The van der Waals surface area contributed by atoms with E-state index in [9.17, 15) is 0 Å². The summed E-state index contributed by atoms with van der Waals surface area (Å²) < 4.78 is 2.43. The second kappa shape index (κ2) is 9.21. The van der Waals surface area contributed by atoms with Gasteiger partial charge in [0.2, 0.25) is 0 Å². The molecule has 4 nitrogen and oxygen atoms in total. The van der Waals surface area contributed by atoms with Crippen LogP contribution in [0.3, 0.4) is 0 Å². The molecule has 0 bridgehead atoms. The van der Waals surface area contributed by atoms with Gasteiger partial charge in [0.05, 0.1) is 0 Å². The van der Waals surface area contributed by atoms with Crippen LogP contribution >= 0.6 is 0 Å². The molecule has 0 fully saturated rings. The van der Waals surface area contributed by atoms with Crippen molar-refractivity contribution >= 4 is 35.1 Å². The van der Waals surface area contributed by atoms with E-state index >= 15 is 0 Å². The summed E-state index contributed by atoms with van der Waals surface area (Å²) in [4.78, 5) is 19.9. The van der Waals surface area contributed by atoms with Gasteiger partial charge in [0.15, 0.2) is 0 Å². The third-order valence-electron chi connectivity index (χ3n) is 6.36. The Bertz CT molecular complexity index is 1810. The van der Waals surface area contributed by atoms with Crippen LogP contribution in [0.2, 0.25) is 0 Å². The zero-order chi connectivity index (χ0) is 24.6. The van der Waals surface area contributed by atoms with Gasteiger partial charge in [0.25, 0.3) is 0 Å². The number of nitrogens with zero attached hydrogens (tertiary/aromatic N) is 4. The van der Waals surface area contributed by atoms with Crippen molar-refractivity contribution in [1.82, 2.24) is 19.9 Å². The Balaban J connectivity index is 1.50. The third kappa shape index (κ3) is 4.05. The Morgan fingerprint density at radius 1 is 0.432 bits per heavy atom. The second-order valence-electron chi connectivity index (χ2n) is 8.74. The van der Waals surface area contributed by atoms with Gasteiger partial charge in [0, 0.05) is 0 Å². The van der Waals surface area contributed by atoms with E-state index in [2.05, 4.69) is 54.6 Å². The molecule has 0 spiro atoms. The number of aromatic nitrogens is 4. The van der Waals surface area contributed by atoms with E-state index in [4.69, 9.17) is 19.9 Å². The quantitative estimate of drug-likeness (QED) is 0.220. The number of hydrogen-bond acceptors (Lipinski definition) is 4. The first-order valence-corrected chi connectivity index (χ1v) is 13.8. The number of benzene rings is 5. The van der Waals surface area contributed by atoms with Gasteiger partial charge in [-0.1, -0.05) is 0 Å². The number of hydrogen-bond donors (Lipinski definition) is 0. The molecule has 0 aliphatic heterocycles. The molecule has 0 aliphatic carbocycles. The van der Waals surface area contributed by atoms with Gasteiger partial charge in [-0.25, -0.2) is 0 Å². The van der Waals surface area contributed by atoms with Gasteiger partial charge in [-0.2, -0.15) is 0 Å². The molecule has 0 radical (unpaired) electrons. The van der Waals surface area contributed by atoms with Crippen molar-refractivity contribution in [3.63, 3.8) is 0 Å². The topological polar surface area (TPSA) is 51.6 Å². The van der Waals surface area contributed by atoms with Crippen LogP contribution in [0.4, 0.5) is 0 Å². The van der Waals surface area contributed by atoms with Gasteiger partial charge < -0.3 is 0 Å². The van der Waals surface area contributed by atoms with Crippen LogP contribution in [-0.2, 0) is 0 Å². The first-order valence-electron chi connectivity index (χ1n) is 12.1. The van der Waals surface area contributed by atoms with Gasteiger partial charge in [-0.05, 0) is 0 Å². The van der Waals surface area contributed by atoms with Gasteiger partial charge in [-0.3, -0.25) is 0 Å². The van der Waals surface area contributed by atoms with Crippen LogP contribution in [0.15, 0.2) is 121 Å². The third-order valence-corrected chi connectivity index (χ3v) is 8.75. The molecule has 7 rings (SSSR count). The van der Waals surface area contributed by atoms with Crippen molar-refractivity contribution in [1.29, 1.82) is 0 Å². The first kappa shape index (κ1) is 21.8. The van der Waals surface area contributed by atoms with Gasteiger partial charge in [0.1, 0.15) is 0 Å². The molecule has 2 heterocycles. The predicted molar refractivity (Wildman–Crippen MR) is 151 cm³/mol. The zero-order valence-electron chi connectivity index (χ0n) is 19.7. The van der Waals surface area contributed by atoms with E-state index in [-0.39, 0.29) is 14.5 Å². The molecule has 0 saturated carbocycles. The maximum absolute atomic E-state index is 5.03. The van der Waals surface area contributed by atoms with Crippen molar-refractivity contribution < 1.29 is 0 Å². The number of rotatable bonds is 4. The SMILES string of the molecule is c1ccc(-c2nc(-c3ccccc3)nc(-c3cccc4ccc5nc(-c6ccccc6)[se]c5c34)n2)cc1. The molecule has 0 unspecified atom stereocenters. The van der Waals surface area contributed by atoms with E-state index in [1.165, 1.54) is 20.6 Å². The van der Waals surface area contributed by atoms with Gasteiger partial charge in [-0.15, -0.1) is 0 Å². The first-order chi connectivity index (χ1) is 18.3. The molecule has 0 atom stereocenters. The summed E-state index contributed by atoms with van der Waals surface area (Å²) in [6.07, 6.45) is 0. The monoisotopic (exact) mass is 540 g/mol. The van der Waals surface area contributed by atoms with Crippen molar-refractivity contribution in [2.45, 2.75) is 0 Å². The molecule has 0 N–H and O–H groups in total. The van der Waals surface area contributed by atoms with Crippen molar-refractivity contribution in [2.75, 3.05) is 0 Å². The minimum atomic E-state index is 0.0733. The Kier molecular flexibility index (Phi) is 5.43. The summed E-state index contributed by atoms with van der Waals surface area (Å²) in [5.41, 5.74) is 5.17. The fourth-order valence-electron chi connectivity index (χ4n) is 4.57. The summed E-state index contributed by atoms with van der Waals surface area (Å²) in [6, 6.07) is 41.3. The average Bonchev–Trinajstić information content (AvgIpc) is 3.43. The normalized spacial score (nSPS) is 11.2. The van der Waals surface area contributed by atoms with E-state index < -0.39 is 0 Å². The maximum atomic E-state index is 5.03. The zero-order valence-corrected chi connectivity index (χ0v) is 21.5. The molecule has 7 aromatic rings. The van der Waals surface area contributed by atoms with Crippen molar-refractivity contribution in [3.8, 4) is 44.3 Å². The molecule has 5 heteroatoms. The van der Waals surface area contributed by atoms with Crippen LogP contribution in [-0.4, -0.2) is 34.4 Å². The van der Waals surface area contributed by atoms with Crippen LogP contribution < -0.4 is 0 Å². The number of fused-ring (bicyclic) bond motifs is 3. The summed E-state index contributed by atoms with van der Waals surface area (Å²) in [5.74, 6) is 2.01. The van der Waals surface area contributed by atoms with Crippen molar-refractivity contribution in [2.24, 2.45) is 0 Å². The Hall–Kier alpha value is -4.44. The fraction of sp³-hybridized carbons (Fsp3) is 0. The second-order valence-corrected chi connectivity index (χ2v) is 10.8. The minimum absolute atomic E-state index is 0.0733. The van der Waals surface area contributed by atoms with Crippen molar-refractivity contribution in [3.05, 3.63) is 121 Å². The van der Waals surface area contributed by atoms with E-state index in [1.807, 2.05) is 66.7 Å². The molecular formula is C32H20N4Se. The predicted octanol–water partition coefficient (Wildman–Crippen LogP) is 7.30. The standard InChI is InChI=1S/C32H20N4Se/c1-4-11-22(12-5-1)29-34-30(23-13-6-2-7-14-23)36-31(35-29)25-18-10-17-21-19-20-26-28(27(21)25)37-32(33-26)24-15-8-3-9-16-24/h1-20H. The summed E-state index contributed by atoms with van der Waals surface area (Å²) in [7, 11) is 0. The molecular weight excluding hydrogens is 519 g/mol. The summed E-state index contributed by atoms with van der Waals surface area (Å²) in [6.45, 7) is 0. The molecule has 37 heavy (non-hydrogen) atoms. The van der Waals surface area contributed by atoms with E-state index in [0.717, 1.165) is 26.8 Å². The molecule has 2 aromatic heterocycles. The summed E-state index contributed by atoms with van der Waals surface area (Å²) >= 11 is 0.0733. The average molecular weight is 540 g/mol. The van der Waals surface area contributed by atoms with Crippen LogP contribution in [0.5, 0.6) is 0 Å². The molecule has 0 aliphatic rings. The Morgan fingerprint density at radius 2 is 1.00 bits per heavy atom. The Morgan fingerprint density at radius 3 is 1.62 bits per heavy atom. The van der Waals surface area contributed by atoms with Crippen LogP contribution in [0.1, 0.15) is 0 Å². The molecule has 0 amide bonds. The Labute approximate surface area is 220 Å². The van der Waals surface area contributed by atoms with E-state index in [1.54, 1.807) is 0 Å². The van der Waals surface area contributed by atoms with Gasteiger partial charge >= 0.3 is 221 Å². The molecule has 0 saturated heterocycles. The fourth-order valence-corrected chi connectivity index (χ4v) is 6.97.